The van der Waals surface area contributed by atoms with E-state index >= 15 is 0 Å². The minimum absolute atomic E-state index is 0.0687. The smallest absolute Gasteiger partial charge is 0.260 e. The van der Waals surface area contributed by atoms with Crippen molar-refractivity contribution >= 4 is 42.6 Å². The Hall–Kier alpha value is -3.62. The third-order valence-electron chi connectivity index (χ3n) is 6.25. The van der Waals surface area contributed by atoms with Gasteiger partial charge in [-0.3, -0.25) is 14.7 Å². The number of fused-ring (bicyclic) bond motifs is 1. The topological polar surface area (TPSA) is 120 Å². The van der Waals surface area contributed by atoms with E-state index in [0.717, 1.165) is 10.3 Å². The summed E-state index contributed by atoms with van der Waals surface area (Å²) in [6.45, 7) is 1.04. The number of aromatic nitrogens is 2. The number of hydrogen-bond donors (Lipinski definition) is 0. The van der Waals surface area contributed by atoms with Crippen LogP contribution in [0.4, 0.5) is 5.13 Å². The van der Waals surface area contributed by atoms with Gasteiger partial charge in [0.1, 0.15) is 0 Å². The zero-order chi connectivity index (χ0) is 29.4. The van der Waals surface area contributed by atoms with E-state index in [4.69, 9.17) is 23.9 Å². The maximum atomic E-state index is 13.9. The van der Waals surface area contributed by atoms with Gasteiger partial charge in [-0.15, -0.1) is 0 Å². The number of carbonyl (C=O) groups is 1. The van der Waals surface area contributed by atoms with Crippen LogP contribution in [-0.4, -0.2) is 83.3 Å². The first kappa shape index (κ1) is 30.3. The van der Waals surface area contributed by atoms with Gasteiger partial charge in [0.2, 0.25) is 10.0 Å². The highest BCUT2D eigenvalue weighted by Crippen LogP contribution is 2.38. The second kappa shape index (κ2) is 13.8. The molecule has 0 unspecified atom stereocenters. The van der Waals surface area contributed by atoms with Gasteiger partial charge in [0, 0.05) is 57.4 Å². The number of amides is 1. The number of benzene rings is 2. The van der Waals surface area contributed by atoms with Crippen molar-refractivity contribution in [2.24, 2.45) is 0 Å². The summed E-state index contributed by atoms with van der Waals surface area (Å²) in [5.74, 6) is 0.748. The van der Waals surface area contributed by atoms with Gasteiger partial charge in [-0.2, -0.15) is 4.31 Å². The van der Waals surface area contributed by atoms with Gasteiger partial charge in [-0.05, 0) is 35.9 Å². The Balaban J connectivity index is 1.68. The fraction of sp³-hybridized carbons (Fsp3) is 0.321. The van der Waals surface area contributed by atoms with Crippen LogP contribution in [-0.2, 0) is 26.0 Å². The number of nitrogens with zero attached hydrogens (tertiary/aromatic N) is 4. The molecule has 0 radical (unpaired) electrons. The average molecular weight is 601 g/mol. The van der Waals surface area contributed by atoms with E-state index in [1.54, 1.807) is 43.6 Å². The van der Waals surface area contributed by atoms with Crippen LogP contribution in [0.5, 0.6) is 11.5 Å². The molecule has 13 heteroatoms. The zero-order valence-corrected chi connectivity index (χ0v) is 24.9. The summed E-state index contributed by atoms with van der Waals surface area (Å²) in [6, 6.07) is 13.1. The molecule has 0 bridgehead atoms. The predicted molar refractivity (Wildman–Crippen MR) is 156 cm³/mol. The first-order valence-electron chi connectivity index (χ1n) is 12.6. The Morgan fingerprint density at radius 3 is 2.17 bits per heavy atom. The third kappa shape index (κ3) is 7.00. The van der Waals surface area contributed by atoms with Crippen molar-refractivity contribution in [3.05, 3.63) is 72.1 Å². The molecule has 0 aliphatic heterocycles. The van der Waals surface area contributed by atoms with Gasteiger partial charge in [-0.25, -0.2) is 13.4 Å². The molecule has 0 aliphatic rings. The minimum Gasteiger partial charge on any atom is -0.493 e. The zero-order valence-electron chi connectivity index (χ0n) is 23.3. The van der Waals surface area contributed by atoms with Crippen molar-refractivity contribution in [1.82, 2.24) is 14.3 Å². The number of methoxy groups -OCH3 is 4. The van der Waals surface area contributed by atoms with Gasteiger partial charge in [0.15, 0.2) is 16.6 Å². The molecule has 218 valence electrons. The van der Waals surface area contributed by atoms with Gasteiger partial charge >= 0.3 is 0 Å². The Labute approximate surface area is 243 Å². The molecule has 41 heavy (non-hydrogen) atoms. The van der Waals surface area contributed by atoms with Crippen molar-refractivity contribution in [2.75, 3.05) is 59.6 Å². The van der Waals surface area contributed by atoms with Crippen LogP contribution in [0.2, 0.25) is 0 Å². The van der Waals surface area contributed by atoms with Crippen molar-refractivity contribution in [2.45, 2.75) is 11.4 Å². The molecule has 0 saturated heterocycles. The number of hydrogen-bond acceptors (Lipinski definition) is 10. The highest BCUT2D eigenvalue weighted by Gasteiger charge is 2.26. The molecule has 0 aliphatic carbocycles. The van der Waals surface area contributed by atoms with Crippen LogP contribution in [0, 0.1) is 0 Å². The first-order chi connectivity index (χ1) is 19.8. The molecule has 0 atom stereocenters. The van der Waals surface area contributed by atoms with Crippen LogP contribution < -0.4 is 14.4 Å². The lowest BCUT2D eigenvalue weighted by Crippen LogP contribution is -2.36. The van der Waals surface area contributed by atoms with Gasteiger partial charge in [-0.1, -0.05) is 17.4 Å². The molecule has 0 spiro atoms. The molecular formula is C28H32N4O7S2. The van der Waals surface area contributed by atoms with Crippen molar-refractivity contribution in [3.8, 4) is 11.5 Å². The predicted octanol–water partition coefficient (Wildman–Crippen LogP) is 3.84. The van der Waals surface area contributed by atoms with E-state index in [9.17, 15) is 13.2 Å². The van der Waals surface area contributed by atoms with E-state index in [2.05, 4.69) is 4.98 Å². The van der Waals surface area contributed by atoms with Crippen LogP contribution in [0.15, 0.2) is 65.8 Å². The van der Waals surface area contributed by atoms with Crippen molar-refractivity contribution in [3.63, 3.8) is 0 Å². The molecule has 4 aromatic rings. The Bertz CT molecular complexity index is 1510. The number of anilines is 1. The largest absolute Gasteiger partial charge is 0.493 e. The molecule has 2 heterocycles. The quantitative estimate of drug-likeness (QED) is 0.213. The molecule has 4 rings (SSSR count). The maximum absolute atomic E-state index is 13.9. The Morgan fingerprint density at radius 2 is 1.59 bits per heavy atom. The standard InChI is InChI=1S/C28H32N4O7S2/c1-36-14-12-31(13-15-37-2)41(34,35)22-9-7-21(8-10-22)27(33)32(19-20-6-5-11-29-18-20)28-30-23-16-24(38-3)25(39-4)17-26(23)40-28/h5-11,16-18H,12-15,19H2,1-4H3. The number of carbonyl (C=O) groups excluding carboxylic acids is 1. The van der Waals surface area contributed by atoms with E-state index in [1.807, 2.05) is 12.1 Å². The molecule has 11 nitrogen and oxygen atoms in total. The fourth-order valence-corrected chi connectivity index (χ4v) is 6.45. The van der Waals surface area contributed by atoms with Gasteiger partial charge < -0.3 is 18.9 Å². The molecule has 0 fully saturated rings. The van der Waals surface area contributed by atoms with Crippen LogP contribution in [0.1, 0.15) is 15.9 Å². The molecule has 1 amide bonds. The van der Waals surface area contributed by atoms with Crippen LogP contribution in [0.25, 0.3) is 10.2 Å². The van der Waals surface area contributed by atoms with E-state index in [0.29, 0.717) is 27.7 Å². The summed E-state index contributed by atoms with van der Waals surface area (Å²) in [5, 5.41) is 0.464. The second-order valence-electron chi connectivity index (χ2n) is 8.84. The monoisotopic (exact) mass is 600 g/mol. The Morgan fingerprint density at radius 1 is 0.927 bits per heavy atom. The molecule has 0 saturated carbocycles. The van der Waals surface area contributed by atoms with E-state index in [1.165, 1.54) is 54.1 Å². The van der Waals surface area contributed by atoms with E-state index < -0.39 is 10.0 Å². The summed E-state index contributed by atoms with van der Waals surface area (Å²) in [5.41, 5.74) is 1.77. The van der Waals surface area contributed by atoms with Gasteiger partial charge in [0.05, 0.1) is 49.1 Å². The summed E-state index contributed by atoms with van der Waals surface area (Å²) >= 11 is 1.33. The lowest BCUT2D eigenvalue weighted by molar-refractivity contribution is 0.0985. The number of thiazole rings is 1. The number of ether oxygens (including phenoxy) is 4. The summed E-state index contributed by atoms with van der Waals surface area (Å²) < 4.78 is 49.7. The maximum Gasteiger partial charge on any atom is 0.260 e. The first-order valence-corrected chi connectivity index (χ1v) is 14.9. The molecule has 0 N–H and O–H groups in total. The lowest BCUT2D eigenvalue weighted by atomic mass is 10.2. The van der Waals surface area contributed by atoms with Gasteiger partial charge in [0.25, 0.3) is 5.91 Å². The van der Waals surface area contributed by atoms with Crippen LogP contribution >= 0.6 is 11.3 Å². The molecule has 2 aromatic heterocycles. The van der Waals surface area contributed by atoms with Crippen molar-refractivity contribution in [1.29, 1.82) is 0 Å². The molecule has 2 aromatic carbocycles. The summed E-state index contributed by atoms with van der Waals surface area (Å²) in [6.07, 6.45) is 3.34. The summed E-state index contributed by atoms with van der Waals surface area (Å²) in [4.78, 5) is 24.4. The highest BCUT2D eigenvalue weighted by atomic mass is 32.2. The average Bonchev–Trinajstić information content (AvgIpc) is 3.42. The number of rotatable bonds is 14. The SMILES string of the molecule is COCCN(CCOC)S(=O)(=O)c1ccc(C(=O)N(Cc2cccnc2)c2nc3cc(OC)c(OC)cc3s2)cc1. The van der Waals surface area contributed by atoms with E-state index in [-0.39, 0.29) is 43.7 Å². The van der Waals surface area contributed by atoms with Crippen molar-refractivity contribution < 1.29 is 32.2 Å². The third-order valence-corrected chi connectivity index (χ3v) is 9.20. The number of pyridine rings is 1. The summed E-state index contributed by atoms with van der Waals surface area (Å²) in [7, 11) is 2.30. The Kier molecular flexibility index (Phi) is 10.2. The second-order valence-corrected chi connectivity index (χ2v) is 11.8. The minimum atomic E-state index is -3.83. The van der Waals surface area contributed by atoms with Crippen LogP contribution in [0.3, 0.4) is 0 Å². The highest BCUT2D eigenvalue weighted by molar-refractivity contribution is 7.89. The fourth-order valence-electron chi connectivity index (χ4n) is 4.07. The molecular weight excluding hydrogens is 568 g/mol. The number of sulfonamides is 1. The normalized spacial score (nSPS) is 11.6. The lowest BCUT2D eigenvalue weighted by Gasteiger charge is -2.22.